The number of aromatic nitrogens is 1. The van der Waals surface area contributed by atoms with E-state index in [2.05, 4.69) is 31.3 Å². The number of halogens is 1. The molecule has 0 bridgehead atoms. The van der Waals surface area contributed by atoms with E-state index in [1.165, 1.54) is 35.1 Å². The van der Waals surface area contributed by atoms with Crippen LogP contribution in [0.15, 0.2) is 115 Å². The third kappa shape index (κ3) is 6.44. The quantitative estimate of drug-likeness (QED) is 0.133. The molecule has 6 rings (SSSR count). The van der Waals surface area contributed by atoms with Crippen molar-refractivity contribution < 1.29 is 14.0 Å². The molecule has 1 amide bonds. The number of fused-ring (bicyclic) bond motifs is 1. The number of allylic oxidation sites excluding steroid dienone is 1. The van der Waals surface area contributed by atoms with Crippen molar-refractivity contribution in [2.24, 2.45) is 0 Å². The number of anilines is 2. The van der Waals surface area contributed by atoms with Crippen molar-refractivity contribution >= 4 is 50.7 Å². The number of benzene rings is 4. The van der Waals surface area contributed by atoms with Crippen LogP contribution in [0.1, 0.15) is 50.9 Å². The lowest BCUT2D eigenvalue weighted by atomic mass is 9.99. The van der Waals surface area contributed by atoms with Crippen molar-refractivity contribution in [3.8, 4) is 22.4 Å². The van der Waals surface area contributed by atoms with Crippen LogP contribution in [0.2, 0.25) is 0 Å². The average molecular weight is 612 g/mol. The lowest BCUT2D eigenvalue weighted by molar-refractivity contribution is 0.102. The molecule has 2 heterocycles. The van der Waals surface area contributed by atoms with Gasteiger partial charge in [-0.2, -0.15) is 0 Å². The minimum absolute atomic E-state index is 0.176. The summed E-state index contributed by atoms with van der Waals surface area (Å²) in [6.45, 7) is 4.28. The van der Waals surface area contributed by atoms with Crippen molar-refractivity contribution in [3.63, 3.8) is 0 Å². The molecular weight excluding hydrogens is 582 g/mol. The highest BCUT2D eigenvalue weighted by molar-refractivity contribution is 7.21. The Kier molecular flexibility index (Phi) is 8.36. The van der Waals surface area contributed by atoms with E-state index in [0.29, 0.717) is 43.6 Å². The molecule has 3 N–H and O–H groups in total. The number of thiophene rings is 1. The molecule has 7 heteroatoms. The zero-order valence-corrected chi connectivity index (χ0v) is 25.6. The second kappa shape index (κ2) is 12.7. The molecule has 0 aliphatic carbocycles. The van der Waals surface area contributed by atoms with Crippen LogP contribution in [0.4, 0.5) is 15.8 Å². The fourth-order valence-corrected chi connectivity index (χ4v) is 6.12. The molecule has 222 valence electrons. The number of hydrogen-bond donors (Lipinski definition) is 2. The molecule has 4 aromatic carbocycles. The predicted molar refractivity (Wildman–Crippen MR) is 183 cm³/mol. The maximum atomic E-state index is 13.6. The first-order chi connectivity index (χ1) is 21.8. The van der Waals surface area contributed by atoms with Gasteiger partial charge in [-0.05, 0) is 76.7 Å². The number of nitrogens with two attached hydrogens (primary N) is 1. The van der Waals surface area contributed by atoms with E-state index in [0.717, 1.165) is 22.3 Å². The molecule has 0 atom stereocenters. The SMILES string of the molecule is CC(C)c1ccc(/C=C/C(=O)c2cccc(NC(=O)c3sc4nc(-c5ccc(F)cc5)cc(-c5ccccc5)c4c3N)c2)cc1. The topological polar surface area (TPSA) is 85.1 Å². The van der Waals surface area contributed by atoms with E-state index < -0.39 is 5.91 Å². The smallest absolute Gasteiger partial charge is 0.267 e. The summed E-state index contributed by atoms with van der Waals surface area (Å²) in [5, 5.41) is 3.58. The maximum absolute atomic E-state index is 13.6. The third-order valence-corrected chi connectivity index (χ3v) is 8.66. The summed E-state index contributed by atoms with van der Waals surface area (Å²) in [5.41, 5.74) is 13.2. The van der Waals surface area contributed by atoms with Gasteiger partial charge in [-0.3, -0.25) is 9.59 Å². The molecule has 0 saturated carbocycles. The van der Waals surface area contributed by atoms with Crippen LogP contribution >= 0.6 is 11.3 Å². The number of pyridine rings is 1. The van der Waals surface area contributed by atoms with Gasteiger partial charge in [0.2, 0.25) is 0 Å². The number of amides is 1. The van der Waals surface area contributed by atoms with E-state index >= 15 is 0 Å². The van der Waals surface area contributed by atoms with Crippen LogP contribution in [0.25, 0.3) is 38.7 Å². The number of carbonyl (C=O) groups is 2. The lowest BCUT2D eigenvalue weighted by Crippen LogP contribution is -2.12. The van der Waals surface area contributed by atoms with E-state index in [-0.39, 0.29) is 11.6 Å². The van der Waals surface area contributed by atoms with Gasteiger partial charge in [0, 0.05) is 22.2 Å². The summed E-state index contributed by atoms with van der Waals surface area (Å²) in [4.78, 5) is 32.2. The molecule has 2 aromatic heterocycles. The van der Waals surface area contributed by atoms with Crippen molar-refractivity contribution in [2.75, 3.05) is 11.1 Å². The van der Waals surface area contributed by atoms with Crippen molar-refractivity contribution in [1.29, 1.82) is 0 Å². The summed E-state index contributed by atoms with van der Waals surface area (Å²) in [7, 11) is 0. The monoisotopic (exact) mass is 611 g/mol. The molecule has 0 aliphatic rings. The average Bonchev–Trinajstić information content (AvgIpc) is 3.40. The standard InChI is InChI=1S/C38H30FN3O2S/c1-23(2)25-14-11-24(12-15-25)13-20-33(43)28-9-6-10-30(21-28)41-37(44)36-35(40)34-31(26-7-4-3-5-8-26)22-32(42-38(34)45-36)27-16-18-29(39)19-17-27/h3-23H,40H2,1-2H3,(H,41,44)/b20-13+. The van der Waals surface area contributed by atoms with Gasteiger partial charge in [0.1, 0.15) is 15.5 Å². The number of nitrogens with zero attached hydrogens (tertiary/aromatic N) is 1. The van der Waals surface area contributed by atoms with E-state index in [4.69, 9.17) is 10.7 Å². The third-order valence-electron chi connectivity index (χ3n) is 7.57. The van der Waals surface area contributed by atoms with Crippen molar-refractivity contribution in [3.05, 3.63) is 143 Å². The zero-order chi connectivity index (χ0) is 31.5. The maximum Gasteiger partial charge on any atom is 0.267 e. The first-order valence-corrected chi connectivity index (χ1v) is 15.4. The summed E-state index contributed by atoms with van der Waals surface area (Å²) in [6.07, 6.45) is 3.32. The van der Waals surface area contributed by atoms with Gasteiger partial charge in [0.05, 0.1) is 11.4 Å². The van der Waals surface area contributed by atoms with E-state index in [1.54, 1.807) is 42.5 Å². The van der Waals surface area contributed by atoms with E-state index in [9.17, 15) is 14.0 Å². The number of hydrogen-bond acceptors (Lipinski definition) is 5. The van der Waals surface area contributed by atoms with Crippen molar-refractivity contribution in [1.82, 2.24) is 4.98 Å². The molecule has 0 aliphatic heterocycles. The Labute approximate surface area is 264 Å². The summed E-state index contributed by atoms with van der Waals surface area (Å²) < 4.78 is 13.6. The molecule has 0 spiro atoms. The number of nitrogen functional groups attached to an aromatic ring is 1. The Balaban J connectivity index is 1.29. The van der Waals surface area contributed by atoms with Gasteiger partial charge >= 0.3 is 0 Å². The summed E-state index contributed by atoms with van der Waals surface area (Å²) in [6, 6.07) is 32.7. The highest BCUT2D eigenvalue weighted by Crippen LogP contribution is 2.41. The van der Waals surface area contributed by atoms with Gasteiger partial charge in [0.15, 0.2) is 5.78 Å². The lowest BCUT2D eigenvalue weighted by Gasteiger charge is -2.09. The first kappa shape index (κ1) is 29.7. The van der Waals surface area contributed by atoms with Crippen LogP contribution in [-0.2, 0) is 0 Å². The molecule has 0 unspecified atom stereocenters. The highest BCUT2D eigenvalue weighted by atomic mass is 32.1. The van der Waals surface area contributed by atoms with Crippen LogP contribution in [-0.4, -0.2) is 16.7 Å². The van der Waals surface area contributed by atoms with Crippen LogP contribution in [0, 0.1) is 5.82 Å². The minimum Gasteiger partial charge on any atom is -0.397 e. The Bertz CT molecular complexity index is 2050. The Morgan fingerprint density at radius 1 is 0.867 bits per heavy atom. The van der Waals surface area contributed by atoms with Gasteiger partial charge in [-0.1, -0.05) is 86.7 Å². The Morgan fingerprint density at radius 2 is 1.60 bits per heavy atom. The second-order valence-corrected chi connectivity index (χ2v) is 12.0. The minimum atomic E-state index is -0.400. The van der Waals surface area contributed by atoms with Gasteiger partial charge < -0.3 is 11.1 Å². The number of nitrogens with one attached hydrogen (secondary N) is 1. The second-order valence-electron chi connectivity index (χ2n) is 11.0. The van der Waals surface area contributed by atoms with Crippen LogP contribution < -0.4 is 11.1 Å². The molecule has 5 nitrogen and oxygen atoms in total. The Hall–Kier alpha value is -5.40. The number of ketones is 1. The van der Waals surface area contributed by atoms with Gasteiger partial charge in [-0.15, -0.1) is 11.3 Å². The summed E-state index contributed by atoms with van der Waals surface area (Å²) in [5.74, 6) is -0.471. The zero-order valence-electron chi connectivity index (χ0n) is 24.8. The van der Waals surface area contributed by atoms with Crippen LogP contribution in [0.5, 0.6) is 0 Å². The van der Waals surface area contributed by atoms with E-state index in [1.807, 2.05) is 48.5 Å². The molecule has 45 heavy (non-hydrogen) atoms. The summed E-state index contributed by atoms with van der Waals surface area (Å²) >= 11 is 1.19. The molecule has 0 fully saturated rings. The normalized spacial score (nSPS) is 11.4. The number of carbonyl (C=O) groups excluding carboxylic acids is 2. The fourth-order valence-electron chi connectivity index (χ4n) is 5.10. The Morgan fingerprint density at radius 3 is 2.31 bits per heavy atom. The molecule has 6 aromatic rings. The largest absolute Gasteiger partial charge is 0.397 e. The van der Waals surface area contributed by atoms with Crippen molar-refractivity contribution in [2.45, 2.75) is 19.8 Å². The molecule has 0 radical (unpaired) electrons. The van der Waals surface area contributed by atoms with Gasteiger partial charge in [-0.25, -0.2) is 9.37 Å². The highest BCUT2D eigenvalue weighted by Gasteiger charge is 2.22. The van der Waals surface area contributed by atoms with Gasteiger partial charge in [0.25, 0.3) is 5.91 Å². The van der Waals surface area contributed by atoms with Crippen LogP contribution in [0.3, 0.4) is 0 Å². The number of rotatable bonds is 8. The fraction of sp³-hybridized carbons (Fsp3) is 0.0789. The predicted octanol–water partition coefficient (Wildman–Crippen LogP) is 9.62. The molecule has 0 saturated heterocycles. The first-order valence-electron chi connectivity index (χ1n) is 14.5. The molecular formula is C38H30FN3O2S.